The minimum atomic E-state index is -0.256. The third kappa shape index (κ3) is 12.2. The second kappa shape index (κ2) is 13.1. The van der Waals surface area contributed by atoms with E-state index in [2.05, 4.69) is 27.3 Å². The fourth-order valence-electron chi connectivity index (χ4n) is 0.854. The van der Waals surface area contributed by atoms with Crippen LogP contribution in [0.15, 0.2) is 0 Å². The van der Waals surface area contributed by atoms with E-state index in [9.17, 15) is 4.79 Å². The zero-order valence-electron chi connectivity index (χ0n) is 9.58. The Labute approximate surface area is 110 Å². The Morgan fingerprint density at radius 3 is 1.94 bits per heavy atom. The Morgan fingerprint density at radius 2 is 1.44 bits per heavy atom. The van der Waals surface area contributed by atoms with Crippen LogP contribution < -0.4 is 0 Å². The van der Waals surface area contributed by atoms with Gasteiger partial charge in [-0.1, -0.05) is 22.6 Å². The van der Waals surface area contributed by atoms with Crippen molar-refractivity contribution in [2.45, 2.75) is 6.42 Å². The lowest BCUT2D eigenvalue weighted by Crippen LogP contribution is -2.12. The zero-order valence-corrected chi connectivity index (χ0v) is 11.7. The predicted octanol–water partition coefficient (Wildman–Crippen LogP) is 1.03. The number of hydrogen-bond donors (Lipinski definition) is 0. The summed E-state index contributed by atoms with van der Waals surface area (Å²) in [5.74, 6) is -0.256. The summed E-state index contributed by atoms with van der Waals surface area (Å²) in [6.07, 6.45) is 0.287. The smallest absolute Gasteiger partial charge is 0.307 e. The van der Waals surface area contributed by atoms with Gasteiger partial charge in [0.05, 0.1) is 53.2 Å². The number of alkyl halides is 1. The SMILES string of the molecule is COC(=O)CCOCCOCCOCCI. The monoisotopic (exact) mass is 346 g/mol. The third-order valence-corrected chi connectivity index (χ3v) is 2.08. The highest BCUT2D eigenvalue weighted by Crippen LogP contribution is 1.87. The minimum absolute atomic E-state index is 0.256. The van der Waals surface area contributed by atoms with Crippen LogP contribution in [0.4, 0.5) is 0 Å². The molecule has 0 saturated carbocycles. The number of methoxy groups -OCH3 is 1. The standard InChI is InChI=1S/C10H19IO5/c1-13-10(12)2-4-14-6-8-16-9-7-15-5-3-11/h2-9H2,1H3. The molecule has 0 fully saturated rings. The van der Waals surface area contributed by atoms with E-state index in [0.717, 1.165) is 11.0 Å². The number of carbonyl (C=O) groups excluding carboxylic acids is 1. The molecule has 0 heterocycles. The molecule has 16 heavy (non-hydrogen) atoms. The van der Waals surface area contributed by atoms with Crippen molar-refractivity contribution in [1.29, 1.82) is 0 Å². The molecule has 96 valence electrons. The first-order valence-electron chi connectivity index (χ1n) is 5.17. The number of hydrogen-bond acceptors (Lipinski definition) is 5. The van der Waals surface area contributed by atoms with Crippen LogP contribution in [0.1, 0.15) is 6.42 Å². The van der Waals surface area contributed by atoms with Crippen molar-refractivity contribution < 1.29 is 23.7 Å². The van der Waals surface area contributed by atoms with Crippen molar-refractivity contribution >= 4 is 28.6 Å². The van der Waals surface area contributed by atoms with E-state index in [0.29, 0.717) is 33.0 Å². The van der Waals surface area contributed by atoms with E-state index in [1.165, 1.54) is 7.11 Å². The Morgan fingerprint density at radius 1 is 0.938 bits per heavy atom. The molecule has 0 aromatic rings. The maximum absolute atomic E-state index is 10.7. The fraction of sp³-hybridized carbons (Fsp3) is 0.900. The maximum atomic E-state index is 10.7. The molecule has 0 radical (unpaired) electrons. The van der Waals surface area contributed by atoms with Crippen LogP contribution in [0.5, 0.6) is 0 Å². The Kier molecular flexibility index (Phi) is 13.2. The lowest BCUT2D eigenvalue weighted by molar-refractivity contribution is -0.141. The van der Waals surface area contributed by atoms with Gasteiger partial charge in [-0.25, -0.2) is 0 Å². The van der Waals surface area contributed by atoms with Crippen molar-refractivity contribution in [2.75, 3.05) is 51.2 Å². The van der Waals surface area contributed by atoms with Gasteiger partial charge in [0.25, 0.3) is 0 Å². The summed E-state index contributed by atoms with van der Waals surface area (Å²) >= 11 is 2.26. The lowest BCUT2D eigenvalue weighted by atomic mass is 10.5. The van der Waals surface area contributed by atoms with E-state index in [1.54, 1.807) is 0 Å². The molecule has 0 atom stereocenters. The topological polar surface area (TPSA) is 54.0 Å². The van der Waals surface area contributed by atoms with Gasteiger partial charge in [0.1, 0.15) is 0 Å². The number of esters is 1. The minimum Gasteiger partial charge on any atom is -0.469 e. The summed E-state index contributed by atoms with van der Waals surface area (Å²) in [6, 6.07) is 0. The Balaban J connectivity index is 2.96. The summed E-state index contributed by atoms with van der Waals surface area (Å²) in [4.78, 5) is 10.7. The molecule has 0 spiro atoms. The summed E-state index contributed by atoms with van der Waals surface area (Å²) < 4.78 is 21.1. The van der Waals surface area contributed by atoms with Crippen LogP contribution in [0.25, 0.3) is 0 Å². The average molecular weight is 346 g/mol. The van der Waals surface area contributed by atoms with Crippen LogP contribution >= 0.6 is 22.6 Å². The van der Waals surface area contributed by atoms with Gasteiger partial charge in [0.15, 0.2) is 0 Å². The van der Waals surface area contributed by atoms with Gasteiger partial charge in [-0.3, -0.25) is 4.79 Å². The largest absolute Gasteiger partial charge is 0.469 e. The van der Waals surface area contributed by atoms with Crippen molar-refractivity contribution in [2.24, 2.45) is 0 Å². The number of halogens is 1. The van der Waals surface area contributed by atoms with Crippen molar-refractivity contribution in [1.82, 2.24) is 0 Å². The highest BCUT2D eigenvalue weighted by atomic mass is 127. The van der Waals surface area contributed by atoms with Crippen LogP contribution in [0, 0.1) is 0 Å². The van der Waals surface area contributed by atoms with Crippen molar-refractivity contribution in [3.8, 4) is 0 Å². The van der Waals surface area contributed by atoms with Crippen LogP contribution in [-0.4, -0.2) is 57.1 Å². The molecular weight excluding hydrogens is 327 g/mol. The molecule has 0 N–H and O–H groups in total. The first-order valence-corrected chi connectivity index (χ1v) is 6.69. The molecule has 0 aromatic carbocycles. The summed E-state index contributed by atoms with van der Waals surface area (Å²) in [7, 11) is 1.36. The zero-order chi connectivity index (χ0) is 12.1. The maximum Gasteiger partial charge on any atom is 0.307 e. The summed E-state index contributed by atoms with van der Waals surface area (Å²) in [5, 5.41) is 0. The molecule has 6 heteroatoms. The summed E-state index contributed by atoms with van der Waals surface area (Å²) in [5.41, 5.74) is 0. The van der Waals surface area contributed by atoms with E-state index in [4.69, 9.17) is 14.2 Å². The molecule has 0 aliphatic rings. The van der Waals surface area contributed by atoms with Crippen LogP contribution in [-0.2, 0) is 23.7 Å². The molecule has 5 nitrogen and oxygen atoms in total. The molecule has 0 aliphatic heterocycles. The van der Waals surface area contributed by atoms with Gasteiger partial charge in [-0.15, -0.1) is 0 Å². The lowest BCUT2D eigenvalue weighted by Gasteiger charge is -2.05. The molecule has 0 aliphatic carbocycles. The quantitative estimate of drug-likeness (QED) is 0.242. The Bertz CT molecular complexity index is 165. The third-order valence-electron chi connectivity index (χ3n) is 1.64. The van der Waals surface area contributed by atoms with E-state index in [-0.39, 0.29) is 12.4 Å². The Hall–Kier alpha value is 0.0800. The molecule has 0 unspecified atom stereocenters. The normalized spacial score (nSPS) is 10.4. The van der Waals surface area contributed by atoms with Crippen molar-refractivity contribution in [3.05, 3.63) is 0 Å². The second-order valence-electron chi connectivity index (χ2n) is 2.85. The number of carbonyl (C=O) groups is 1. The molecule has 0 saturated heterocycles. The first-order chi connectivity index (χ1) is 7.81. The fourth-order valence-corrected chi connectivity index (χ4v) is 1.17. The van der Waals surface area contributed by atoms with E-state index >= 15 is 0 Å². The first kappa shape index (κ1) is 16.1. The molecular formula is C10H19IO5. The average Bonchev–Trinajstić information content (AvgIpc) is 2.31. The molecule has 0 bridgehead atoms. The highest BCUT2D eigenvalue weighted by molar-refractivity contribution is 14.1. The number of ether oxygens (including phenoxy) is 4. The van der Waals surface area contributed by atoms with Crippen LogP contribution in [0.2, 0.25) is 0 Å². The predicted molar refractivity (Wildman–Crippen MR) is 68.0 cm³/mol. The van der Waals surface area contributed by atoms with Gasteiger partial charge in [-0.05, 0) is 0 Å². The van der Waals surface area contributed by atoms with E-state index in [1.807, 2.05) is 0 Å². The van der Waals surface area contributed by atoms with Gasteiger partial charge >= 0.3 is 5.97 Å². The van der Waals surface area contributed by atoms with Gasteiger partial charge in [0, 0.05) is 4.43 Å². The van der Waals surface area contributed by atoms with Gasteiger partial charge < -0.3 is 18.9 Å². The van der Waals surface area contributed by atoms with Crippen LogP contribution in [0.3, 0.4) is 0 Å². The van der Waals surface area contributed by atoms with E-state index < -0.39 is 0 Å². The van der Waals surface area contributed by atoms with Crippen molar-refractivity contribution in [3.63, 3.8) is 0 Å². The second-order valence-corrected chi connectivity index (χ2v) is 3.93. The van der Waals surface area contributed by atoms with Gasteiger partial charge in [0.2, 0.25) is 0 Å². The van der Waals surface area contributed by atoms with Gasteiger partial charge in [-0.2, -0.15) is 0 Å². The summed E-state index contributed by atoms with van der Waals surface area (Å²) in [6.45, 7) is 3.35. The molecule has 0 amide bonds. The highest BCUT2D eigenvalue weighted by Gasteiger charge is 1.98. The molecule has 0 rings (SSSR count). The molecule has 0 aromatic heterocycles. The number of rotatable bonds is 11.